The van der Waals surface area contributed by atoms with Crippen molar-refractivity contribution in [2.24, 2.45) is 0 Å². The van der Waals surface area contributed by atoms with Gasteiger partial charge in [-0.3, -0.25) is 9.59 Å². The van der Waals surface area contributed by atoms with Gasteiger partial charge in [0.25, 0.3) is 0 Å². The quantitative estimate of drug-likeness (QED) is 0.0322. The Morgan fingerprint density at radius 3 is 1.23 bits per heavy atom. The number of unbranched alkanes of at least 4 members (excludes halogenated alkanes) is 35. The van der Waals surface area contributed by atoms with E-state index < -0.39 is 18.2 Å². The summed E-state index contributed by atoms with van der Waals surface area (Å²) >= 11 is 0. The second-order valence-electron chi connectivity index (χ2n) is 18.6. The van der Waals surface area contributed by atoms with Crippen molar-refractivity contribution < 1.29 is 24.5 Å². The molecule has 3 N–H and O–H groups in total. The number of carbonyl (C=O) groups excluding carboxylic acids is 2. The molecule has 3 atom stereocenters. The molecule has 6 heteroatoms. The highest BCUT2D eigenvalue weighted by atomic mass is 16.5. The van der Waals surface area contributed by atoms with Crippen LogP contribution in [0.5, 0.6) is 0 Å². The molecule has 0 aliphatic heterocycles. The number of amides is 1. The summed E-state index contributed by atoms with van der Waals surface area (Å²) in [6, 6.07) is -0.696. The molecule has 356 valence electrons. The second kappa shape index (κ2) is 48.6. The van der Waals surface area contributed by atoms with Crippen molar-refractivity contribution >= 4 is 11.9 Å². The number of esters is 1. The number of allylic oxidation sites excluding steroid dienone is 2. The monoisotopic (exact) mass is 848 g/mol. The van der Waals surface area contributed by atoms with E-state index >= 15 is 0 Å². The Kier molecular flexibility index (Phi) is 47.5. The molecule has 0 rings (SSSR count). The van der Waals surface area contributed by atoms with Gasteiger partial charge in [-0.1, -0.05) is 251 Å². The van der Waals surface area contributed by atoms with E-state index in [1.807, 2.05) is 0 Å². The summed E-state index contributed by atoms with van der Waals surface area (Å²) < 4.78 is 5.93. The Bertz CT molecular complexity index is 909. The van der Waals surface area contributed by atoms with Crippen LogP contribution in [0.3, 0.4) is 0 Å². The molecule has 1 amide bonds. The van der Waals surface area contributed by atoms with Gasteiger partial charge in [0.05, 0.1) is 25.2 Å². The number of hydrogen-bond donors (Lipinski definition) is 3. The van der Waals surface area contributed by atoms with E-state index in [9.17, 15) is 19.8 Å². The summed E-state index contributed by atoms with van der Waals surface area (Å²) in [4.78, 5) is 26.1. The highest BCUT2D eigenvalue weighted by Crippen LogP contribution is 2.19. The molecular formula is C54H105NO5. The molecule has 0 aliphatic rings. The molecule has 3 unspecified atom stereocenters. The summed E-state index contributed by atoms with van der Waals surface area (Å²) in [5.41, 5.74) is 0. The molecule has 0 spiro atoms. The van der Waals surface area contributed by atoms with E-state index in [2.05, 4.69) is 38.2 Å². The smallest absolute Gasteiger partial charge is 0.306 e. The van der Waals surface area contributed by atoms with Crippen molar-refractivity contribution in [3.63, 3.8) is 0 Å². The Labute approximate surface area is 374 Å². The molecule has 0 aromatic heterocycles. The number of ether oxygens (including phenoxy) is 1. The van der Waals surface area contributed by atoms with Crippen LogP contribution in [0.2, 0.25) is 0 Å². The van der Waals surface area contributed by atoms with Gasteiger partial charge in [0.1, 0.15) is 6.10 Å². The molecule has 60 heavy (non-hydrogen) atoms. The Balaban J connectivity index is 4.50. The highest BCUT2D eigenvalue weighted by molar-refractivity contribution is 5.77. The van der Waals surface area contributed by atoms with E-state index in [0.29, 0.717) is 19.3 Å². The molecule has 0 bridgehead atoms. The Morgan fingerprint density at radius 2 is 0.817 bits per heavy atom. The normalized spacial score (nSPS) is 13.2. The van der Waals surface area contributed by atoms with E-state index in [4.69, 9.17) is 4.74 Å². The van der Waals surface area contributed by atoms with Crippen LogP contribution >= 0.6 is 0 Å². The van der Waals surface area contributed by atoms with Gasteiger partial charge in [-0.2, -0.15) is 0 Å². The molecular weight excluding hydrogens is 743 g/mol. The van der Waals surface area contributed by atoms with Crippen molar-refractivity contribution in [2.45, 2.75) is 315 Å². The first kappa shape index (κ1) is 58.6. The first-order valence-corrected chi connectivity index (χ1v) is 26.9. The average molecular weight is 848 g/mol. The number of aliphatic hydroxyl groups is 2. The predicted molar refractivity (Wildman–Crippen MR) is 260 cm³/mol. The molecule has 0 saturated carbocycles. The third-order valence-electron chi connectivity index (χ3n) is 12.6. The zero-order chi connectivity index (χ0) is 43.8. The van der Waals surface area contributed by atoms with Gasteiger partial charge in [0.15, 0.2) is 0 Å². The lowest BCUT2D eigenvalue weighted by atomic mass is 10.0. The van der Waals surface area contributed by atoms with Crippen molar-refractivity contribution in [3.8, 4) is 0 Å². The van der Waals surface area contributed by atoms with Crippen LogP contribution in [0.25, 0.3) is 0 Å². The summed E-state index contributed by atoms with van der Waals surface area (Å²) in [7, 11) is 0. The molecule has 0 radical (unpaired) electrons. The summed E-state index contributed by atoms with van der Waals surface area (Å²) in [5, 5.41) is 23.8. The fourth-order valence-corrected chi connectivity index (χ4v) is 8.47. The molecule has 6 nitrogen and oxygen atoms in total. The van der Waals surface area contributed by atoms with Crippen molar-refractivity contribution in [2.75, 3.05) is 6.61 Å². The van der Waals surface area contributed by atoms with Crippen LogP contribution in [0.4, 0.5) is 0 Å². The Morgan fingerprint density at radius 1 is 0.467 bits per heavy atom. The molecule has 0 aliphatic carbocycles. The van der Waals surface area contributed by atoms with Gasteiger partial charge in [-0.15, -0.1) is 0 Å². The molecule has 0 saturated heterocycles. The second-order valence-corrected chi connectivity index (χ2v) is 18.6. The molecule has 0 aromatic carbocycles. The summed E-state index contributed by atoms with van der Waals surface area (Å²) in [6.07, 6.45) is 54.1. The van der Waals surface area contributed by atoms with E-state index in [0.717, 1.165) is 51.4 Å². The molecule has 0 fully saturated rings. The summed E-state index contributed by atoms with van der Waals surface area (Å²) in [5.74, 6) is -0.466. The van der Waals surface area contributed by atoms with E-state index in [-0.39, 0.29) is 24.9 Å². The number of hydrogen-bond acceptors (Lipinski definition) is 5. The summed E-state index contributed by atoms with van der Waals surface area (Å²) in [6.45, 7) is 6.48. The van der Waals surface area contributed by atoms with Crippen LogP contribution < -0.4 is 5.32 Å². The number of carbonyl (C=O) groups is 2. The SMILES string of the molecule is CCCC/C=C\CCCCCCCC(=O)OC(CCCCCCCCCCCCCCCCC)CC(=O)NC(CO)C(O)CCCCCCCCCCCCCCCCC. The molecule has 0 heterocycles. The topological polar surface area (TPSA) is 95.9 Å². The fourth-order valence-electron chi connectivity index (χ4n) is 8.47. The zero-order valence-electron chi connectivity index (χ0n) is 40.6. The van der Waals surface area contributed by atoms with Gasteiger partial charge >= 0.3 is 5.97 Å². The van der Waals surface area contributed by atoms with E-state index in [1.165, 1.54) is 199 Å². The maximum absolute atomic E-state index is 13.2. The van der Waals surface area contributed by atoms with Gasteiger partial charge in [0, 0.05) is 6.42 Å². The van der Waals surface area contributed by atoms with Crippen LogP contribution in [0, 0.1) is 0 Å². The predicted octanol–water partition coefficient (Wildman–Crippen LogP) is 16.1. The number of rotatable bonds is 49. The van der Waals surface area contributed by atoms with Gasteiger partial charge in [0.2, 0.25) is 5.91 Å². The fraction of sp³-hybridized carbons (Fsp3) is 0.926. The van der Waals surface area contributed by atoms with E-state index in [1.54, 1.807) is 0 Å². The Hall–Kier alpha value is -1.40. The van der Waals surface area contributed by atoms with Crippen molar-refractivity contribution in [1.29, 1.82) is 0 Å². The van der Waals surface area contributed by atoms with Crippen molar-refractivity contribution in [3.05, 3.63) is 12.2 Å². The standard InChI is InChI=1S/C54H105NO5/c1-4-7-10-13-16-19-22-24-26-28-31-33-36-39-42-45-50(60-54(59)47-44-41-38-35-30-21-18-15-12-9-6-3)48-53(58)55-51(49-56)52(57)46-43-40-37-34-32-29-27-25-23-20-17-14-11-8-5-2/h15,18,50-52,56-57H,4-14,16-17,19-49H2,1-3H3,(H,55,58)/b18-15-. The number of nitrogens with one attached hydrogen (secondary N) is 1. The molecule has 0 aromatic rings. The largest absolute Gasteiger partial charge is 0.462 e. The van der Waals surface area contributed by atoms with Gasteiger partial charge < -0.3 is 20.3 Å². The van der Waals surface area contributed by atoms with Gasteiger partial charge in [-0.25, -0.2) is 0 Å². The lowest BCUT2D eigenvalue weighted by molar-refractivity contribution is -0.151. The van der Waals surface area contributed by atoms with Crippen LogP contribution in [-0.2, 0) is 14.3 Å². The van der Waals surface area contributed by atoms with Gasteiger partial charge in [-0.05, 0) is 44.9 Å². The number of aliphatic hydroxyl groups excluding tert-OH is 2. The van der Waals surface area contributed by atoms with Crippen LogP contribution in [0.1, 0.15) is 297 Å². The minimum atomic E-state index is -0.783. The van der Waals surface area contributed by atoms with Crippen molar-refractivity contribution in [1.82, 2.24) is 5.32 Å². The first-order chi connectivity index (χ1) is 29.5. The minimum absolute atomic E-state index is 0.0816. The maximum Gasteiger partial charge on any atom is 0.306 e. The van der Waals surface area contributed by atoms with Crippen LogP contribution in [-0.4, -0.2) is 46.9 Å². The zero-order valence-corrected chi connectivity index (χ0v) is 40.6. The lowest BCUT2D eigenvalue weighted by Crippen LogP contribution is -2.46. The highest BCUT2D eigenvalue weighted by Gasteiger charge is 2.24. The average Bonchev–Trinajstić information content (AvgIpc) is 3.24. The minimum Gasteiger partial charge on any atom is -0.462 e. The third kappa shape index (κ3) is 43.3. The lowest BCUT2D eigenvalue weighted by Gasteiger charge is -2.24. The van der Waals surface area contributed by atoms with Crippen LogP contribution in [0.15, 0.2) is 12.2 Å². The maximum atomic E-state index is 13.2. The third-order valence-corrected chi connectivity index (χ3v) is 12.6. The first-order valence-electron chi connectivity index (χ1n) is 26.9.